The molecule has 0 aliphatic carbocycles. The molecule has 0 radical (unpaired) electrons. The molecule has 0 saturated carbocycles. The summed E-state index contributed by atoms with van der Waals surface area (Å²) in [6, 6.07) is 15.3. The molecular weight excluding hydrogens is 394 g/mol. The van der Waals surface area contributed by atoms with Crippen LogP contribution in [0.5, 0.6) is 0 Å². The van der Waals surface area contributed by atoms with Gasteiger partial charge in [0.2, 0.25) is 16.9 Å². The quantitative estimate of drug-likeness (QED) is 0.490. The van der Waals surface area contributed by atoms with Crippen LogP contribution in [0.1, 0.15) is 5.69 Å². The van der Waals surface area contributed by atoms with Crippen molar-refractivity contribution in [3.63, 3.8) is 0 Å². The highest BCUT2D eigenvalue weighted by Crippen LogP contribution is 2.25. The third kappa shape index (κ3) is 4.62. The zero-order valence-electron chi connectivity index (χ0n) is 14.6. The van der Waals surface area contributed by atoms with Crippen molar-refractivity contribution in [2.75, 3.05) is 11.1 Å². The summed E-state index contributed by atoms with van der Waals surface area (Å²) >= 11 is 2.75. The first-order valence-electron chi connectivity index (χ1n) is 8.40. The largest absolute Gasteiger partial charge is 0.444 e. The van der Waals surface area contributed by atoms with E-state index in [-0.39, 0.29) is 11.7 Å². The molecular formula is C19H15N5O2S2. The highest BCUT2D eigenvalue weighted by molar-refractivity contribution is 7.99. The Kier molecular flexibility index (Phi) is 5.74. The molecule has 3 heterocycles. The highest BCUT2D eigenvalue weighted by atomic mass is 32.2. The molecule has 140 valence electrons. The molecule has 0 bridgehead atoms. The van der Waals surface area contributed by atoms with Crippen LogP contribution in [0.25, 0.3) is 22.2 Å². The van der Waals surface area contributed by atoms with Gasteiger partial charge < -0.3 is 4.42 Å². The molecule has 0 unspecified atom stereocenters. The van der Waals surface area contributed by atoms with E-state index in [1.54, 1.807) is 12.5 Å². The number of anilines is 1. The van der Waals surface area contributed by atoms with E-state index in [0.717, 1.165) is 17.0 Å². The topological polar surface area (TPSA) is 93.8 Å². The minimum Gasteiger partial charge on any atom is -0.444 e. The van der Waals surface area contributed by atoms with Crippen LogP contribution in [-0.2, 0) is 10.5 Å². The van der Waals surface area contributed by atoms with E-state index >= 15 is 0 Å². The second kappa shape index (κ2) is 8.77. The van der Waals surface area contributed by atoms with Crippen LogP contribution in [0.15, 0.2) is 65.4 Å². The first-order chi connectivity index (χ1) is 13.8. The molecule has 28 heavy (non-hydrogen) atoms. The van der Waals surface area contributed by atoms with Crippen LogP contribution in [0, 0.1) is 0 Å². The van der Waals surface area contributed by atoms with E-state index in [0.29, 0.717) is 21.8 Å². The minimum atomic E-state index is -0.138. The van der Waals surface area contributed by atoms with Gasteiger partial charge in [0.25, 0.3) is 0 Å². The number of nitrogens with one attached hydrogen (secondary N) is 1. The van der Waals surface area contributed by atoms with Crippen molar-refractivity contribution in [2.45, 2.75) is 5.75 Å². The average molecular weight is 409 g/mol. The van der Waals surface area contributed by atoms with Crippen LogP contribution in [0.4, 0.5) is 5.13 Å². The Morgan fingerprint density at radius 3 is 2.79 bits per heavy atom. The van der Waals surface area contributed by atoms with E-state index in [1.807, 2.05) is 48.5 Å². The van der Waals surface area contributed by atoms with Crippen LogP contribution in [0.2, 0.25) is 0 Å². The fourth-order valence-corrected chi connectivity index (χ4v) is 3.79. The van der Waals surface area contributed by atoms with Gasteiger partial charge in [-0.05, 0) is 24.3 Å². The average Bonchev–Trinajstić information content (AvgIpc) is 3.39. The lowest BCUT2D eigenvalue weighted by atomic mass is 10.2. The lowest BCUT2D eigenvalue weighted by Crippen LogP contribution is -2.14. The highest BCUT2D eigenvalue weighted by Gasteiger charge is 2.11. The number of amides is 1. The molecule has 0 atom stereocenters. The number of carbonyl (C=O) groups excluding carboxylic acids is 1. The summed E-state index contributed by atoms with van der Waals surface area (Å²) in [7, 11) is 0. The summed E-state index contributed by atoms with van der Waals surface area (Å²) in [6.45, 7) is 0. The molecule has 0 saturated heterocycles. The van der Waals surface area contributed by atoms with Crippen LogP contribution in [-0.4, -0.2) is 31.8 Å². The van der Waals surface area contributed by atoms with E-state index in [1.165, 1.54) is 23.1 Å². The van der Waals surface area contributed by atoms with Crippen molar-refractivity contribution >= 4 is 34.1 Å². The Bertz CT molecular complexity index is 1050. The lowest BCUT2D eigenvalue weighted by Gasteiger charge is -1.99. The maximum Gasteiger partial charge on any atom is 0.236 e. The van der Waals surface area contributed by atoms with Crippen molar-refractivity contribution < 1.29 is 9.21 Å². The van der Waals surface area contributed by atoms with Crippen molar-refractivity contribution in [3.05, 3.63) is 66.7 Å². The molecule has 0 fully saturated rings. The second-order valence-corrected chi connectivity index (χ2v) is 7.64. The fraction of sp³-hybridized carbons (Fsp3) is 0.105. The summed E-state index contributed by atoms with van der Waals surface area (Å²) in [6.07, 6.45) is 3.32. The first kappa shape index (κ1) is 18.3. The van der Waals surface area contributed by atoms with Crippen LogP contribution in [0.3, 0.4) is 0 Å². The molecule has 4 rings (SSSR count). The SMILES string of the molecule is O=C(CSCc1coc(-c2ccccc2)n1)Nc1nnc(-c2ccccn2)s1. The fourth-order valence-electron chi connectivity index (χ4n) is 2.36. The predicted octanol–water partition coefficient (Wildman–Crippen LogP) is 4.13. The van der Waals surface area contributed by atoms with Crippen molar-refractivity contribution in [3.8, 4) is 22.2 Å². The number of hydrogen-bond donors (Lipinski definition) is 1. The summed E-state index contributed by atoms with van der Waals surface area (Å²) < 4.78 is 5.50. The maximum absolute atomic E-state index is 12.1. The number of rotatable bonds is 7. The summed E-state index contributed by atoms with van der Waals surface area (Å²) in [5.41, 5.74) is 2.46. The van der Waals surface area contributed by atoms with Gasteiger partial charge in [-0.1, -0.05) is 35.6 Å². The third-order valence-electron chi connectivity index (χ3n) is 3.61. The zero-order chi connectivity index (χ0) is 19.2. The first-order valence-corrected chi connectivity index (χ1v) is 10.4. The Morgan fingerprint density at radius 2 is 1.96 bits per heavy atom. The Labute approximate surface area is 169 Å². The molecule has 0 spiro atoms. The second-order valence-electron chi connectivity index (χ2n) is 5.68. The summed E-state index contributed by atoms with van der Waals surface area (Å²) in [5, 5.41) is 11.9. The number of aromatic nitrogens is 4. The lowest BCUT2D eigenvalue weighted by molar-refractivity contribution is -0.113. The Hall–Kier alpha value is -3.04. The number of nitrogens with zero attached hydrogens (tertiary/aromatic N) is 4. The van der Waals surface area contributed by atoms with Gasteiger partial charge in [0.1, 0.15) is 12.0 Å². The molecule has 3 aromatic heterocycles. The summed E-state index contributed by atoms with van der Waals surface area (Å²) in [4.78, 5) is 20.8. The van der Waals surface area contributed by atoms with Gasteiger partial charge in [0.05, 0.1) is 11.4 Å². The number of pyridine rings is 1. The molecule has 0 aliphatic heterocycles. The predicted molar refractivity (Wildman–Crippen MR) is 110 cm³/mol. The van der Waals surface area contributed by atoms with Crippen LogP contribution >= 0.6 is 23.1 Å². The van der Waals surface area contributed by atoms with Gasteiger partial charge >= 0.3 is 0 Å². The molecule has 7 nitrogen and oxygen atoms in total. The van der Waals surface area contributed by atoms with E-state index in [2.05, 4.69) is 25.5 Å². The number of oxazole rings is 1. The number of carbonyl (C=O) groups is 1. The van der Waals surface area contributed by atoms with E-state index in [4.69, 9.17) is 4.42 Å². The Balaban J connectivity index is 1.26. The maximum atomic E-state index is 12.1. The van der Waals surface area contributed by atoms with Gasteiger partial charge in [0.15, 0.2) is 5.01 Å². The van der Waals surface area contributed by atoms with Gasteiger partial charge in [-0.25, -0.2) is 4.98 Å². The number of thioether (sulfide) groups is 1. The number of benzene rings is 1. The molecule has 4 aromatic rings. The number of hydrogen-bond acceptors (Lipinski definition) is 8. The molecule has 1 aromatic carbocycles. The molecule has 1 N–H and O–H groups in total. The molecule has 0 aliphatic rings. The van der Waals surface area contributed by atoms with Gasteiger partial charge in [0, 0.05) is 17.5 Å². The standard InChI is InChI=1S/C19H15N5O2S2/c25-16(22-19-24-23-18(28-19)15-8-4-5-9-20-15)12-27-11-14-10-26-17(21-14)13-6-2-1-3-7-13/h1-10H,11-12H2,(H,22,24,25). The van der Waals surface area contributed by atoms with E-state index < -0.39 is 0 Å². The monoisotopic (exact) mass is 409 g/mol. The molecule has 1 amide bonds. The van der Waals surface area contributed by atoms with Gasteiger partial charge in [-0.2, -0.15) is 0 Å². The smallest absolute Gasteiger partial charge is 0.236 e. The van der Waals surface area contributed by atoms with Crippen molar-refractivity contribution in [2.24, 2.45) is 0 Å². The molecule has 9 heteroatoms. The van der Waals surface area contributed by atoms with Crippen molar-refractivity contribution in [1.29, 1.82) is 0 Å². The van der Waals surface area contributed by atoms with Crippen LogP contribution < -0.4 is 5.32 Å². The zero-order valence-corrected chi connectivity index (χ0v) is 16.2. The van der Waals surface area contributed by atoms with Gasteiger partial charge in [-0.15, -0.1) is 22.0 Å². The van der Waals surface area contributed by atoms with E-state index in [9.17, 15) is 4.79 Å². The third-order valence-corrected chi connectivity index (χ3v) is 5.44. The minimum absolute atomic E-state index is 0.138. The summed E-state index contributed by atoms with van der Waals surface area (Å²) in [5.74, 6) is 1.31. The normalized spacial score (nSPS) is 10.7. The van der Waals surface area contributed by atoms with Gasteiger partial charge in [-0.3, -0.25) is 15.1 Å². The Morgan fingerprint density at radius 1 is 1.11 bits per heavy atom. The van der Waals surface area contributed by atoms with Crippen molar-refractivity contribution in [1.82, 2.24) is 20.2 Å².